The summed E-state index contributed by atoms with van der Waals surface area (Å²) in [4.78, 5) is 50.4. The standard InChI is InChI=1S/C34H42F3N11O4/c1-33(2,3)52-32(51)45-28(10-7-17-48(4,18-15-41-46-38)19-16-42-47-39)30(49)44-29(20-23-11-13-25(14-12-23)34(35,36)37)31(50)43-26-21-24-8-5-6-9-27(24)40-22-26/h5-6,8-9,11-14,21-22,28-29H,7,10,15-20H2,1-4H3,(H2-,43,44,45,49,50,51)/p+1/t28-,29-/m0/s1. The maximum atomic E-state index is 13.9. The number of anilines is 1. The van der Waals surface area contributed by atoms with E-state index in [0.29, 0.717) is 47.3 Å². The van der Waals surface area contributed by atoms with Crippen LogP contribution in [0.1, 0.15) is 44.7 Å². The zero-order valence-corrected chi connectivity index (χ0v) is 29.4. The average Bonchev–Trinajstić information content (AvgIpc) is 3.06. The van der Waals surface area contributed by atoms with Gasteiger partial charge in [0, 0.05) is 21.6 Å². The van der Waals surface area contributed by atoms with Crippen molar-refractivity contribution in [3.8, 4) is 0 Å². The highest BCUT2D eigenvalue weighted by Crippen LogP contribution is 2.29. The molecule has 0 radical (unpaired) electrons. The predicted octanol–water partition coefficient (Wildman–Crippen LogP) is 6.66. The van der Waals surface area contributed by atoms with E-state index in [1.807, 2.05) is 25.2 Å². The van der Waals surface area contributed by atoms with Gasteiger partial charge in [0.15, 0.2) is 0 Å². The van der Waals surface area contributed by atoms with Crippen LogP contribution in [0, 0.1) is 0 Å². The Morgan fingerprint density at radius 2 is 1.54 bits per heavy atom. The summed E-state index contributed by atoms with van der Waals surface area (Å²) in [7, 11) is 1.88. The lowest BCUT2D eigenvalue weighted by atomic mass is 10.0. The van der Waals surface area contributed by atoms with Gasteiger partial charge < -0.3 is 25.2 Å². The molecule has 0 saturated carbocycles. The lowest BCUT2D eigenvalue weighted by Gasteiger charge is -2.34. The van der Waals surface area contributed by atoms with Gasteiger partial charge in [-0.05, 0) is 74.5 Å². The first-order valence-corrected chi connectivity index (χ1v) is 16.5. The highest BCUT2D eigenvalue weighted by atomic mass is 19.4. The molecule has 2 aromatic carbocycles. The number of azide groups is 2. The van der Waals surface area contributed by atoms with Crippen LogP contribution in [0.4, 0.5) is 23.7 Å². The lowest BCUT2D eigenvalue weighted by molar-refractivity contribution is -0.907. The van der Waals surface area contributed by atoms with Crippen LogP contribution in [0.15, 0.2) is 71.0 Å². The van der Waals surface area contributed by atoms with Crippen LogP contribution < -0.4 is 16.0 Å². The molecule has 3 amide bonds. The van der Waals surface area contributed by atoms with E-state index in [2.05, 4.69) is 41.0 Å². The van der Waals surface area contributed by atoms with E-state index in [-0.39, 0.29) is 25.9 Å². The van der Waals surface area contributed by atoms with Gasteiger partial charge in [-0.15, -0.1) is 0 Å². The number of nitrogens with one attached hydrogen (secondary N) is 3. The molecule has 0 aliphatic rings. The van der Waals surface area contributed by atoms with Gasteiger partial charge in [0.1, 0.15) is 17.7 Å². The van der Waals surface area contributed by atoms with Crippen LogP contribution in [0.25, 0.3) is 31.8 Å². The molecule has 0 fully saturated rings. The molecule has 1 aromatic heterocycles. The number of nitrogens with zero attached hydrogens (tertiary/aromatic N) is 8. The summed E-state index contributed by atoms with van der Waals surface area (Å²) < 4.78 is 45.5. The highest BCUT2D eigenvalue weighted by Gasteiger charge is 2.32. The number of alkyl carbamates (subject to hydrolysis) is 1. The summed E-state index contributed by atoms with van der Waals surface area (Å²) in [5, 5.41) is 16.0. The summed E-state index contributed by atoms with van der Waals surface area (Å²) in [6.07, 6.45) is -3.72. The van der Waals surface area contributed by atoms with Crippen molar-refractivity contribution in [2.75, 3.05) is 45.1 Å². The average molecular weight is 727 g/mol. The molecule has 0 aliphatic heterocycles. The van der Waals surface area contributed by atoms with Gasteiger partial charge in [-0.2, -0.15) is 13.2 Å². The fourth-order valence-electron chi connectivity index (χ4n) is 5.31. The van der Waals surface area contributed by atoms with Gasteiger partial charge in [0.2, 0.25) is 11.8 Å². The molecule has 0 spiro atoms. The number of para-hydroxylation sites is 1. The predicted molar refractivity (Wildman–Crippen MR) is 189 cm³/mol. The first-order chi connectivity index (χ1) is 24.5. The highest BCUT2D eigenvalue weighted by molar-refractivity contribution is 5.99. The molecule has 0 bridgehead atoms. The van der Waals surface area contributed by atoms with Gasteiger partial charge in [-0.1, -0.05) is 40.6 Å². The normalized spacial score (nSPS) is 13.8. The van der Waals surface area contributed by atoms with E-state index in [1.54, 1.807) is 32.9 Å². The molecular formula is C34H43F3N11O4+. The molecule has 52 heavy (non-hydrogen) atoms. The second-order valence-electron chi connectivity index (χ2n) is 13.4. The molecule has 0 saturated heterocycles. The quantitative estimate of drug-likeness (QED) is 0.0602. The van der Waals surface area contributed by atoms with E-state index in [4.69, 9.17) is 15.8 Å². The number of hydrogen-bond acceptors (Lipinski definition) is 7. The van der Waals surface area contributed by atoms with E-state index in [1.165, 1.54) is 18.3 Å². The Morgan fingerprint density at radius 1 is 0.904 bits per heavy atom. The molecule has 18 heteroatoms. The molecule has 3 rings (SSSR count). The molecule has 3 aromatic rings. The van der Waals surface area contributed by atoms with Crippen molar-refractivity contribution < 1.29 is 36.8 Å². The minimum Gasteiger partial charge on any atom is -0.444 e. The van der Waals surface area contributed by atoms with Crippen LogP contribution in [0.5, 0.6) is 0 Å². The number of pyridine rings is 1. The molecule has 3 N–H and O–H groups in total. The molecule has 2 atom stereocenters. The van der Waals surface area contributed by atoms with Gasteiger partial charge in [0.25, 0.3) is 0 Å². The third-order valence-corrected chi connectivity index (χ3v) is 8.02. The van der Waals surface area contributed by atoms with Gasteiger partial charge in [-0.3, -0.25) is 14.6 Å². The fraction of sp³-hybridized carbons (Fsp3) is 0.471. The summed E-state index contributed by atoms with van der Waals surface area (Å²) in [6, 6.07) is 10.7. The summed E-state index contributed by atoms with van der Waals surface area (Å²) in [5.41, 5.74) is 17.1. The number of ether oxygens (including phenoxy) is 1. The third-order valence-electron chi connectivity index (χ3n) is 8.02. The summed E-state index contributed by atoms with van der Waals surface area (Å²) in [6.45, 7) is 6.60. The Kier molecular flexibility index (Phi) is 14.6. The second kappa shape index (κ2) is 18.6. The monoisotopic (exact) mass is 726 g/mol. The van der Waals surface area contributed by atoms with E-state index < -0.39 is 47.3 Å². The van der Waals surface area contributed by atoms with E-state index >= 15 is 0 Å². The minimum absolute atomic E-state index is 0.0885. The third kappa shape index (κ3) is 13.6. The molecule has 278 valence electrons. The number of alkyl halides is 3. The zero-order valence-electron chi connectivity index (χ0n) is 29.4. The van der Waals surface area contributed by atoms with Crippen LogP contribution in [-0.4, -0.2) is 84.8 Å². The van der Waals surface area contributed by atoms with Crippen molar-refractivity contribution in [3.05, 3.63) is 92.8 Å². The van der Waals surface area contributed by atoms with Gasteiger partial charge >= 0.3 is 12.3 Å². The van der Waals surface area contributed by atoms with E-state index in [0.717, 1.165) is 17.5 Å². The van der Waals surface area contributed by atoms with Gasteiger partial charge in [0.05, 0.1) is 62.7 Å². The Balaban J connectivity index is 1.88. The number of quaternary nitrogens is 1. The molecule has 0 aliphatic carbocycles. The Morgan fingerprint density at radius 3 is 2.13 bits per heavy atom. The maximum absolute atomic E-state index is 13.9. The van der Waals surface area contributed by atoms with Crippen molar-refractivity contribution in [1.29, 1.82) is 0 Å². The van der Waals surface area contributed by atoms with Crippen molar-refractivity contribution in [1.82, 2.24) is 15.6 Å². The Hall–Kier alpha value is -5.57. The van der Waals surface area contributed by atoms with Gasteiger partial charge in [-0.25, -0.2) is 4.79 Å². The smallest absolute Gasteiger partial charge is 0.416 e. The van der Waals surface area contributed by atoms with Crippen LogP contribution >= 0.6 is 0 Å². The number of benzene rings is 2. The van der Waals surface area contributed by atoms with Crippen LogP contribution in [0.2, 0.25) is 0 Å². The summed E-state index contributed by atoms with van der Waals surface area (Å²) >= 11 is 0. The van der Waals surface area contributed by atoms with Crippen molar-refractivity contribution in [2.45, 2.75) is 63.9 Å². The maximum Gasteiger partial charge on any atom is 0.416 e. The molecular weight excluding hydrogens is 683 g/mol. The number of amides is 3. The molecule has 15 nitrogen and oxygen atoms in total. The number of aromatic nitrogens is 1. The number of carbonyl (C=O) groups excluding carboxylic acids is 3. The number of fused-ring (bicyclic) bond motifs is 1. The second-order valence-corrected chi connectivity index (χ2v) is 13.4. The Labute approximate surface area is 298 Å². The summed E-state index contributed by atoms with van der Waals surface area (Å²) in [5.74, 6) is -1.39. The van der Waals surface area contributed by atoms with E-state index in [9.17, 15) is 27.6 Å². The number of halogens is 3. The van der Waals surface area contributed by atoms with Crippen molar-refractivity contribution in [2.24, 2.45) is 10.2 Å². The van der Waals surface area contributed by atoms with Crippen molar-refractivity contribution >= 4 is 34.5 Å². The largest absolute Gasteiger partial charge is 0.444 e. The Bertz CT molecular complexity index is 1760. The van der Waals surface area contributed by atoms with Crippen LogP contribution in [-0.2, 0) is 26.9 Å². The molecule has 1 heterocycles. The topological polar surface area (TPSA) is 207 Å². The lowest BCUT2D eigenvalue weighted by Crippen LogP contribution is -2.54. The zero-order chi connectivity index (χ0) is 38.4. The first kappa shape index (κ1) is 40.9. The number of carbonyl (C=O) groups is 3. The number of hydrogen-bond donors (Lipinski definition) is 3. The fourth-order valence-corrected chi connectivity index (χ4v) is 5.31. The number of likely N-dealkylation sites (N-methyl/N-ethyl adjacent to an activating group) is 1. The molecule has 0 unspecified atom stereocenters. The SMILES string of the molecule is CC(C)(C)OC(=O)N[C@@H](CCC[N+](C)(CCN=[N+]=[N-])CCN=[N+]=[N-])C(=O)N[C@@H](Cc1ccc(C(F)(F)F)cc1)C(=O)Nc1cnc2ccccc2c1. The van der Waals surface area contributed by atoms with Crippen LogP contribution in [0.3, 0.4) is 0 Å². The first-order valence-electron chi connectivity index (χ1n) is 16.5. The number of rotatable bonds is 17. The minimum atomic E-state index is -4.56. The van der Waals surface area contributed by atoms with Crippen molar-refractivity contribution in [3.63, 3.8) is 0 Å².